The average Bonchev–Trinajstić information content (AvgIpc) is 2.17. The Balaban J connectivity index is 2.17. The van der Waals surface area contributed by atoms with Crippen LogP contribution in [0.2, 0.25) is 0 Å². The lowest BCUT2D eigenvalue weighted by Gasteiger charge is -2.27. The zero-order valence-electron chi connectivity index (χ0n) is 9.11. The average molecular weight is 247 g/mol. The van der Waals surface area contributed by atoms with Crippen molar-refractivity contribution in [3.63, 3.8) is 0 Å². The molecule has 0 aromatic carbocycles. The molecule has 0 aromatic rings. The second-order valence-electron chi connectivity index (χ2n) is 5.34. The van der Waals surface area contributed by atoms with Crippen molar-refractivity contribution in [2.24, 2.45) is 11.3 Å². The van der Waals surface area contributed by atoms with Crippen LogP contribution >= 0.6 is 15.9 Å². The summed E-state index contributed by atoms with van der Waals surface area (Å²) in [4.78, 5) is 0. The van der Waals surface area contributed by atoms with Gasteiger partial charge in [0.1, 0.15) is 0 Å². The summed E-state index contributed by atoms with van der Waals surface area (Å²) in [7, 11) is 0. The van der Waals surface area contributed by atoms with Gasteiger partial charge < -0.3 is 0 Å². The van der Waals surface area contributed by atoms with Gasteiger partial charge >= 0.3 is 0 Å². The molecule has 0 radical (unpaired) electrons. The smallest absolute Gasteiger partial charge is 0.00826 e. The van der Waals surface area contributed by atoms with Gasteiger partial charge in [0, 0.05) is 5.33 Å². The maximum atomic E-state index is 3.60. The highest BCUT2D eigenvalue weighted by Gasteiger charge is 2.20. The predicted molar refractivity (Wildman–Crippen MR) is 63.4 cm³/mol. The molecule has 0 atom stereocenters. The highest BCUT2D eigenvalue weighted by atomic mass is 79.9. The molecule has 0 N–H and O–H groups in total. The lowest BCUT2D eigenvalue weighted by Crippen LogP contribution is -2.16. The van der Waals surface area contributed by atoms with Crippen molar-refractivity contribution in [3.8, 4) is 0 Å². The van der Waals surface area contributed by atoms with E-state index in [1.807, 2.05) is 0 Å². The molecule has 1 heteroatoms. The van der Waals surface area contributed by atoms with E-state index in [0.717, 1.165) is 11.2 Å². The summed E-state index contributed by atoms with van der Waals surface area (Å²) < 4.78 is 0. The summed E-state index contributed by atoms with van der Waals surface area (Å²) in [5, 5.41) is 1.15. The van der Waals surface area contributed by atoms with E-state index in [-0.39, 0.29) is 0 Å². The largest absolute Gasteiger partial charge is 0.0922 e. The van der Waals surface area contributed by atoms with Crippen LogP contribution in [0.25, 0.3) is 0 Å². The molecule has 1 saturated carbocycles. The molecule has 0 spiro atoms. The molecule has 1 aliphatic rings. The molecule has 1 fully saturated rings. The molecular weight excluding hydrogens is 224 g/mol. The second kappa shape index (κ2) is 5.38. The van der Waals surface area contributed by atoms with Crippen molar-refractivity contribution in [2.75, 3.05) is 5.33 Å². The molecule has 0 amide bonds. The molecule has 13 heavy (non-hydrogen) atoms. The molecule has 0 aromatic heterocycles. The van der Waals surface area contributed by atoms with Crippen molar-refractivity contribution < 1.29 is 0 Å². The zero-order valence-corrected chi connectivity index (χ0v) is 10.7. The second-order valence-corrected chi connectivity index (χ2v) is 5.90. The van der Waals surface area contributed by atoms with Crippen LogP contribution in [0.15, 0.2) is 0 Å². The van der Waals surface area contributed by atoms with Crippen LogP contribution in [0.4, 0.5) is 0 Å². The van der Waals surface area contributed by atoms with E-state index >= 15 is 0 Å². The fourth-order valence-electron chi connectivity index (χ4n) is 2.14. The third-order valence-corrected chi connectivity index (χ3v) is 4.83. The Kier molecular flexibility index (Phi) is 4.78. The van der Waals surface area contributed by atoms with Crippen LogP contribution in [-0.2, 0) is 0 Å². The summed E-state index contributed by atoms with van der Waals surface area (Å²) in [6, 6.07) is 0. The number of alkyl halides is 1. The Morgan fingerprint density at radius 2 is 1.77 bits per heavy atom. The van der Waals surface area contributed by atoms with Crippen LogP contribution in [0.1, 0.15) is 58.8 Å². The van der Waals surface area contributed by atoms with E-state index in [1.165, 1.54) is 44.9 Å². The first-order chi connectivity index (χ1) is 6.14. The number of hydrogen-bond donors (Lipinski definition) is 0. The first-order valence-electron chi connectivity index (χ1n) is 5.70. The fourth-order valence-corrected chi connectivity index (χ4v) is 2.42. The normalized spacial score (nSPS) is 20.5. The van der Waals surface area contributed by atoms with E-state index in [0.29, 0.717) is 5.41 Å². The van der Waals surface area contributed by atoms with Crippen molar-refractivity contribution in [1.29, 1.82) is 0 Å². The van der Waals surface area contributed by atoms with Gasteiger partial charge in [-0.25, -0.2) is 0 Å². The van der Waals surface area contributed by atoms with Gasteiger partial charge in [-0.05, 0) is 24.2 Å². The summed E-state index contributed by atoms with van der Waals surface area (Å²) in [5.74, 6) is 1.05. The van der Waals surface area contributed by atoms with Gasteiger partial charge in [0.2, 0.25) is 0 Å². The molecule has 0 heterocycles. The van der Waals surface area contributed by atoms with Gasteiger partial charge in [0.15, 0.2) is 0 Å². The van der Waals surface area contributed by atoms with Crippen molar-refractivity contribution in [3.05, 3.63) is 0 Å². The van der Waals surface area contributed by atoms with Crippen molar-refractivity contribution in [1.82, 2.24) is 0 Å². The van der Waals surface area contributed by atoms with Gasteiger partial charge in [-0.1, -0.05) is 61.9 Å². The molecule has 0 aliphatic heterocycles. The van der Waals surface area contributed by atoms with Gasteiger partial charge in [-0.15, -0.1) is 0 Å². The van der Waals surface area contributed by atoms with E-state index < -0.39 is 0 Å². The zero-order chi connectivity index (χ0) is 9.73. The predicted octanol–water partition coefficient (Wildman–Crippen LogP) is 4.77. The number of halogens is 1. The summed E-state index contributed by atoms with van der Waals surface area (Å²) >= 11 is 3.60. The highest BCUT2D eigenvalue weighted by molar-refractivity contribution is 9.09. The Bertz CT molecular complexity index is 134. The summed E-state index contributed by atoms with van der Waals surface area (Å²) in [6.45, 7) is 4.73. The van der Waals surface area contributed by atoms with E-state index in [2.05, 4.69) is 29.8 Å². The van der Waals surface area contributed by atoms with Crippen molar-refractivity contribution >= 4 is 15.9 Å². The molecule has 78 valence electrons. The lowest BCUT2D eigenvalue weighted by atomic mass is 9.81. The first kappa shape index (κ1) is 11.6. The Morgan fingerprint density at radius 3 is 2.31 bits per heavy atom. The first-order valence-corrected chi connectivity index (χ1v) is 6.82. The van der Waals surface area contributed by atoms with E-state index in [4.69, 9.17) is 0 Å². The monoisotopic (exact) mass is 246 g/mol. The van der Waals surface area contributed by atoms with Crippen LogP contribution in [0, 0.1) is 11.3 Å². The summed E-state index contributed by atoms with van der Waals surface area (Å²) in [5.41, 5.74) is 0.511. The summed E-state index contributed by atoms with van der Waals surface area (Å²) in [6.07, 6.45) is 10.3. The van der Waals surface area contributed by atoms with Crippen LogP contribution < -0.4 is 0 Å². The van der Waals surface area contributed by atoms with Gasteiger partial charge in [0.25, 0.3) is 0 Å². The molecule has 1 aliphatic carbocycles. The minimum Gasteiger partial charge on any atom is -0.0922 e. The highest BCUT2D eigenvalue weighted by Crippen LogP contribution is 2.32. The van der Waals surface area contributed by atoms with E-state index in [9.17, 15) is 0 Å². The molecule has 0 bridgehead atoms. The third-order valence-electron chi connectivity index (χ3n) is 3.32. The fraction of sp³-hybridized carbons (Fsp3) is 1.00. The van der Waals surface area contributed by atoms with Crippen LogP contribution in [0.3, 0.4) is 0 Å². The van der Waals surface area contributed by atoms with Crippen molar-refractivity contribution in [2.45, 2.75) is 58.8 Å². The van der Waals surface area contributed by atoms with Crippen LogP contribution in [0.5, 0.6) is 0 Å². The maximum absolute atomic E-state index is 3.60. The number of rotatable bonds is 4. The minimum atomic E-state index is 0.511. The van der Waals surface area contributed by atoms with Gasteiger partial charge in [0.05, 0.1) is 0 Å². The topological polar surface area (TPSA) is 0 Å². The molecule has 0 saturated heterocycles. The third kappa shape index (κ3) is 4.49. The molecule has 0 nitrogen and oxygen atoms in total. The molecule has 1 rings (SSSR count). The lowest BCUT2D eigenvalue weighted by molar-refractivity contribution is 0.278. The molecule has 0 unspecified atom stereocenters. The Morgan fingerprint density at radius 1 is 1.15 bits per heavy atom. The quantitative estimate of drug-likeness (QED) is 0.628. The number of hydrogen-bond acceptors (Lipinski definition) is 0. The van der Waals surface area contributed by atoms with Crippen LogP contribution in [-0.4, -0.2) is 5.33 Å². The Labute approximate surface area is 91.6 Å². The maximum Gasteiger partial charge on any atom is 0.00826 e. The SMILES string of the molecule is CC(C)(CBr)CCC1CCCCC1. The Hall–Kier alpha value is 0.480. The van der Waals surface area contributed by atoms with Gasteiger partial charge in [-0.2, -0.15) is 0 Å². The van der Waals surface area contributed by atoms with Gasteiger partial charge in [-0.3, -0.25) is 0 Å². The molecular formula is C12H23Br. The van der Waals surface area contributed by atoms with E-state index in [1.54, 1.807) is 0 Å². The standard InChI is InChI=1S/C12H23Br/c1-12(2,10-13)9-8-11-6-4-3-5-7-11/h11H,3-10H2,1-2H3. The minimum absolute atomic E-state index is 0.511.